The summed E-state index contributed by atoms with van der Waals surface area (Å²) in [5.41, 5.74) is 15.3. The highest BCUT2D eigenvalue weighted by Crippen LogP contribution is 2.46. The van der Waals surface area contributed by atoms with Crippen molar-refractivity contribution in [3.8, 4) is 11.1 Å². The summed E-state index contributed by atoms with van der Waals surface area (Å²) in [6.07, 6.45) is 6.59. The van der Waals surface area contributed by atoms with E-state index in [1.165, 1.54) is 18.3 Å². The Balaban J connectivity index is 1.41. The number of hydrogen-bond acceptors (Lipinski definition) is 6. The average molecular weight is 478 g/mol. The minimum Gasteiger partial charge on any atom is -0.384 e. The standard InChI is InChI=1S/C26H31N5O2S/c27-19-7-9-20(10-8-19)30-24-15-23(24)22-12-6-18(17-4-2-1-3-5-17)14-25(22)31-34(32,33)21-11-13-26(28)29-16-21/h1-6,11-14,16,19-20,23-24,30-31H,7-10,15,27H2,(H2,28,29). The lowest BCUT2D eigenvalue weighted by Gasteiger charge is -2.27. The van der Waals surface area contributed by atoms with Crippen molar-refractivity contribution >= 4 is 21.5 Å². The second-order valence-electron chi connectivity index (χ2n) is 9.42. The van der Waals surface area contributed by atoms with Crippen LogP contribution in [0.1, 0.15) is 43.6 Å². The molecule has 1 aromatic heterocycles. The maximum Gasteiger partial charge on any atom is 0.263 e. The normalized spacial score (nSPS) is 24.5. The molecule has 3 aromatic rings. The molecule has 0 amide bonds. The fourth-order valence-corrected chi connectivity index (χ4v) is 5.87. The molecule has 2 unspecified atom stereocenters. The first kappa shape index (κ1) is 22.8. The van der Waals surface area contributed by atoms with E-state index in [4.69, 9.17) is 11.5 Å². The Morgan fingerprint density at radius 3 is 2.38 bits per heavy atom. The summed E-state index contributed by atoms with van der Waals surface area (Å²) in [7, 11) is -3.81. The van der Waals surface area contributed by atoms with Crippen molar-refractivity contribution in [2.45, 2.75) is 61.0 Å². The summed E-state index contributed by atoms with van der Waals surface area (Å²) >= 11 is 0. The molecular weight excluding hydrogens is 446 g/mol. The number of nitrogens with zero attached hydrogens (tertiary/aromatic N) is 1. The van der Waals surface area contributed by atoms with Crippen LogP contribution in [0.25, 0.3) is 11.1 Å². The van der Waals surface area contributed by atoms with Gasteiger partial charge in [-0.25, -0.2) is 13.4 Å². The summed E-state index contributed by atoms with van der Waals surface area (Å²) < 4.78 is 29.2. The molecule has 2 aliphatic rings. The van der Waals surface area contributed by atoms with Gasteiger partial charge < -0.3 is 16.8 Å². The number of benzene rings is 2. The van der Waals surface area contributed by atoms with Crippen LogP contribution < -0.4 is 21.5 Å². The second-order valence-corrected chi connectivity index (χ2v) is 11.1. The van der Waals surface area contributed by atoms with E-state index in [0.29, 0.717) is 23.8 Å². The Hall–Kier alpha value is -2.94. The number of aromatic nitrogens is 1. The molecule has 2 aliphatic carbocycles. The summed E-state index contributed by atoms with van der Waals surface area (Å²) in [4.78, 5) is 4.03. The zero-order chi connectivity index (χ0) is 23.7. The fourth-order valence-electron chi connectivity index (χ4n) is 4.84. The predicted octanol–water partition coefficient (Wildman–Crippen LogP) is 3.85. The van der Waals surface area contributed by atoms with Crippen molar-refractivity contribution in [2.24, 2.45) is 5.73 Å². The van der Waals surface area contributed by atoms with Gasteiger partial charge in [-0.1, -0.05) is 42.5 Å². The van der Waals surface area contributed by atoms with Crippen molar-refractivity contribution in [3.05, 3.63) is 72.4 Å². The van der Waals surface area contributed by atoms with E-state index in [1.54, 1.807) is 0 Å². The molecule has 2 fully saturated rings. The molecule has 2 saturated carbocycles. The zero-order valence-corrected chi connectivity index (χ0v) is 19.8. The number of nitrogens with two attached hydrogens (primary N) is 2. The Kier molecular flexibility index (Phi) is 6.29. The Morgan fingerprint density at radius 1 is 0.912 bits per heavy atom. The third-order valence-electron chi connectivity index (χ3n) is 6.89. The van der Waals surface area contributed by atoms with Crippen molar-refractivity contribution in [1.29, 1.82) is 0 Å². The summed E-state index contributed by atoms with van der Waals surface area (Å²) in [5, 5.41) is 3.78. The van der Waals surface area contributed by atoms with Gasteiger partial charge in [0.2, 0.25) is 0 Å². The van der Waals surface area contributed by atoms with Crippen molar-refractivity contribution in [3.63, 3.8) is 0 Å². The van der Waals surface area contributed by atoms with Gasteiger partial charge in [-0.2, -0.15) is 0 Å². The van der Waals surface area contributed by atoms with Crippen molar-refractivity contribution in [1.82, 2.24) is 10.3 Å². The number of anilines is 2. The highest BCUT2D eigenvalue weighted by molar-refractivity contribution is 7.92. The first-order valence-corrected chi connectivity index (χ1v) is 13.3. The van der Waals surface area contributed by atoms with Gasteiger partial charge in [0.05, 0.1) is 5.69 Å². The summed E-state index contributed by atoms with van der Waals surface area (Å²) in [6.45, 7) is 0. The first-order valence-electron chi connectivity index (χ1n) is 11.8. The van der Waals surface area contributed by atoms with Crippen LogP contribution in [0.5, 0.6) is 0 Å². The Bertz CT molecular complexity index is 1240. The average Bonchev–Trinajstić information content (AvgIpc) is 3.60. The topological polar surface area (TPSA) is 123 Å². The van der Waals surface area contributed by atoms with E-state index in [9.17, 15) is 8.42 Å². The van der Waals surface area contributed by atoms with Crippen LogP contribution in [0.15, 0.2) is 71.8 Å². The molecule has 34 heavy (non-hydrogen) atoms. The number of rotatable bonds is 7. The van der Waals surface area contributed by atoms with Gasteiger partial charge in [-0.05, 0) is 67.0 Å². The number of nitrogens with one attached hydrogen (secondary N) is 2. The Morgan fingerprint density at radius 2 is 1.68 bits per heavy atom. The molecule has 1 heterocycles. The molecule has 0 aliphatic heterocycles. The van der Waals surface area contributed by atoms with Gasteiger partial charge >= 0.3 is 0 Å². The van der Waals surface area contributed by atoms with Crippen LogP contribution in [0, 0.1) is 0 Å². The Labute approximate surface area is 201 Å². The molecule has 2 atom stereocenters. The number of pyridine rings is 1. The van der Waals surface area contributed by atoms with Crippen LogP contribution in [-0.2, 0) is 10.0 Å². The lowest BCUT2D eigenvalue weighted by molar-refractivity contribution is 0.339. The van der Waals surface area contributed by atoms with E-state index < -0.39 is 10.0 Å². The van der Waals surface area contributed by atoms with E-state index in [2.05, 4.69) is 27.2 Å². The van der Waals surface area contributed by atoms with E-state index in [1.807, 2.05) is 36.4 Å². The maximum atomic E-state index is 13.2. The van der Waals surface area contributed by atoms with Crippen molar-refractivity contribution < 1.29 is 8.42 Å². The van der Waals surface area contributed by atoms with Crippen LogP contribution in [0.3, 0.4) is 0 Å². The van der Waals surface area contributed by atoms with Crippen molar-refractivity contribution in [2.75, 3.05) is 10.5 Å². The molecule has 2 aromatic carbocycles. The monoisotopic (exact) mass is 477 g/mol. The molecule has 0 radical (unpaired) electrons. The second kappa shape index (κ2) is 9.37. The third-order valence-corrected chi connectivity index (χ3v) is 8.24. The van der Waals surface area contributed by atoms with E-state index >= 15 is 0 Å². The minimum atomic E-state index is -3.81. The minimum absolute atomic E-state index is 0.0850. The summed E-state index contributed by atoms with van der Waals surface area (Å²) in [6, 6.07) is 20.1. The smallest absolute Gasteiger partial charge is 0.263 e. The lowest BCUT2D eigenvalue weighted by Crippen LogP contribution is -2.38. The molecule has 5 rings (SSSR count). The molecule has 0 spiro atoms. The van der Waals surface area contributed by atoms with Gasteiger partial charge in [0.1, 0.15) is 10.7 Å². The van der Waals surface area contributed by atoms with Crippen LogP contribution >= 0.6 is 0 Å². The molecule has 0 bridgehead atoms. The van der Waals surface area contributed by atoms with Crippen LogP contribution in [0.2, 0.25) is 0 Å². The number of hydrogen-bond donors (Lipinski definition) is 4. The molecular formula is C26H31N5O2S. The largest absolute Gasteiger partial charge is 0.384 e. The highest BCUT2D eigenvalue weighted by atomic mass is 32.2. The maximum absolute atomic E-state index is 13.2. The third kappa shape index (κ3) is 5.09. The van der Waals surface area contributed by atoms with Crippen LogP contribution in [-0.4, -0.2) is 31.5 Å². The van der Waals surface area contributed by atoms with Gasteiger partial charge in [-0.15, -0.1) is 0 Å². The molecule has 6 N–H and O–H groups in total. The molecule has 178 valence electrons. The van der Waals surface area contributed by atoms with Crippen LogP contribution in [0.4, 0.5) is 11.5 Å². The van der Waals surface area contributed by atoms with Gasteiger partial charge in [-0.3, -0.25) is 4.72 Å². The van der Waals surface area contributed by atoms with Gasteiger partial charge in [0, 0.05) is 30.2 Å². The van der Waals surface area contributed by atoms with E-state index in [-0.39, 0.29) is 16.6 Å². The highest BCUT2D eigenvalue weighted by Gasteiger charge is 2.41. The summed E-state index contributed by atoms with van der Waals surface area (Å²) in [5.74, 6) is 0.545. The molecule has 8 heteroatoms. The lowest BCUT2D eigenvalue weighted by atomic mass is 9.91. The number of sulfonamides is 1. The van der Waals surface area contributed by atoms with Gasteiger partial charge in [0.25, 0.3) is 10.0 Å². The predicted molar refractivity (Wildman–Crippen MR) is 136 cm³/mol. The SMILES string of the molecule is Nc1ccc(S(=O)(=O)Nc2cc(-c3ccccc3)ccc2C2CC2NC2CCC(N)CC2)cn1. The quantitative estimate of drug-likeness (QED) is 0.410. The zero-order valence-electron chi connectivity index (χ0n) is 19.0. The molecule has 7 nitrogen and oxygen atoms in total. The number of nitrogen functional groups attached to an aromatic ring is 1. The first-order chi connectivity index (χ1) is 16.4. The molecule has 0 saturated heterocycles. The fraction of sp³-hybridized carbons (Fsp3) is 0.346. The van der Waals surface area contributed by atoms with E-state index in [0.717, 1.165) is 48.8 Å². The van der Waals surface area contributed by atoms with Gasteiger partial charge in [0.15, 0.2) is 0 Å².